The summed E-state index contributed by atoms with van der Waals surface area (Å²) in [6.07, 6.45) is 4.29. The van der Waals surface area contributed by atoms with Crippen LogP contribution in [0.1, 0.15) is 23.3 Å². The maximum Gasteiger partial charge on any atom is 0.268 e. The fourth-order valence-corrected chi connectivity index (χ4v) is 1.68. The van der Waals surface area contributed by atoms with Crippen LogP contribution in [0.3, 0.4) is 0 Å². The van der Waals surface area contributed by atoms with E-state index in [4.69, 9.17) is 10.5 Å². The van der Waals surface area contributed by atoms with Crippen LogP contribution in [0.25, 0.3) is 0 Å². The molecule has 1 heterocycles. The molecule has 17 heavy (non-hydrogen) atoms. The third-order valence-corrected chi connectivity index (χ3v) is 2.84. The third-order valence-electron chi connectivity index (χ3n) is 2.84. The van der Waals surface area contributed by atoms with Crippen molar-refractivity contribution in [2.45, 2.75) is 12.8 Å². The van der Waals surface area contributed by atoms with E-state index in [1.54, 1.807) is 23.9 Å². The number of hydrogen-bond donors (Lipinski definition) is 2. The van der Waals surface area contributed by atoms with Crippen molar-refractivity contribution in [2.24, 2.45) is 13.0 Å². The van der Waals surface area contributed by atoms with Crippen molar-refractivity contribution >= 4 is 11.6 Å². The molecule has 0 saturated heterocycles. The molecule has 1 fully saturated rings. The number of carbonyl (C=O) groups excluding carboxylic acids is 1. The Morgan fingerprint density at radius 2 is 2.41 bits per heavy atom. The van der Waals surface area contributed by atoms with Gasteiger partial charge in [-0.3, -0.25) is 4.79 Å². The van der Waals surface area contributed by atoms with Gasteiger partial charge in [0.05, 0.1) is 12.3 Å². The van der Waals surface area contributed by atoms with Gasteiger partial charge in [0.15, 0.2) is 0 Å². The number of nitrogens with two attached hydrogens (primary N) is 1. The molecule has 94 valence electrons. The summed E-state index contributed by atoms with van der Waals surface area (Å²) in [5.74, 6) is 0.651. The summed E-state index contributed by atoms with van der Waals surface area (Å²) >= 11 is 0. The quantitative estimate of drug-likeness (QED) is 0.718. The average Bonchev–Trinajstić information content (AvgIpc) is 3.03. The highest BCUT2D eigenvalue weighted by molar-refractivity contribution is 5.93. The zero-order valence-electron chi connectivity index (χ0n) is 10.1. The molecule has 1 amide bonds. The fourth-order valence-electron chi connectivity index (χ4n) is 1.68. The number of aromatic nitrogens is 1. The number of rotatable bonds is 6. The summed E-state index contributed by atoms with van der Waals surface area (Å²) in [6.45, 7) is 1.94. The number of hydrogen-bond acceptors (Lipinski definition) is 3. The van der Waals surface area contributed by atoms with Gasteiger partial charge in [0, 0.05) is 26.4 Å². The highest BCUT2D eigenvalue weighted by Crippen LogP contribution is 2.28. The number of aryl methyl sites for hydroxylation is 1. The van der Waals surface area contributed by atoms with Crippen LogP contribution in [0.2, 0.25) is 0 Å². The van der Waals surface area contributed by atoms with Crippen molar-refractivity contribution in [3.8, 4) is 0 Å². The number of nitrogen functional groups attached to an aromatic ring is 1. The van der Waals surface area contributed by atoms with Gasteiger partial charge in [-0.1, -0.05) is 0 Å². The lowest BCUT2D eigenvalue weighted by molar-refractivity contribution is 0.0899. The van der Waals surface area contributed by atoms with E-state index in [1.165, 1.54) is 12.8 Å². The normalized spacial score (nSPS) is 14.9. The van der Waals surface area contributed by atoms with E-state index in [9.17, 15) is 4.79 Å². The summed E-state index contributed by atoms with van der Waals surface area (Å²) in [7, 11) is 1.80. The molecule has 2 rings (SSSR count). The third kappa shape index (κ3) is 3.49. The Balaban J connectivity index is 1.67. The summed E-state index contributed by atoms with van der Waals surface area (Å²) in [5.41, 5.74) is 6.78. The van der Waals surface area contributed by atoms with E-state index in [-0.39, 0.29) is 5.91 Å². The van der Waals surface area contributed by atoms with Gasteiger partial charge in [-0.15, -0.1) is 0 Å². The summed E-state index contributed by atoms with van der Waals surface area (Å²) in [4.78, 5) is 11.7. The molecular formula is C12H19N3O2. The van der Waals surface area contributed by atoms with Crippen LogP contribution in [0.5, 0.6) is 0 Å². The molecule has 0 aromatic carbocycles. The zero-order valence-corrected chi connectivity index (χ0v) is 10.1. The molecule has 3 N–H and O–H groups in total. The lowest BCUT2D eigenvalue weighted by Crippen LogP contribution is -2.28. The number of amides is 1. The summed E-state index contributed by atoms with van der Waals surface area (Å²) in [6, 6.07) is 1.67. The number of nitrogens with zero attached hydrogens (tertiary/aromatic N) is 1. The first-order valence-electron chi connectivity index (χ1n) is 5.94. The van der Waals surface area contributed by atoms with Gasteiger partial charge in [0.25, 0.3) is 5.91 Å². The Morgan fingerprint density at radius 3 is 3.00 bits per heavy atom. The van der Waals surface area contributed by atoms with Gasteiger partial charge in [-0.05, 0) is 24.8 Å². The molecule has 1 aliphatic rings. The zero-order chi connectivity index (χ0) is 12.3. The molecule has 0 atom stereocenters. The first-order chi connectivity index (χ1) is 8.16. The molecule has 1 aromatic heterocycles. The second kappa shape index (κ2) is 5.23. The highest BCUT2D eigenvalue weighted by Gasteiger charge is 2.20. The minimum absolute atomic E-state index is 0.112. The predicted octanol–water partition coefficient (Wildman–Crippen LogP) is 0.764. The number of anilines is 1. The number of carbonyl (C=O) groups is 1. The largest absolute Gasteiger partial charge is 0.397 e. The molecule has 0 bridgehead atoms. The molecular weight excluding hydrogens is 218 g/mol. The van der Waals surface area contributed by atoms with Gasteiger partial charge in [-0.2, -0.15) is 0 Å². The molecule has 0 spiro atoms. The Hall–Kier alpha value is -1.49. The van der Waals surface area contributed by atoms with Gasteiger partial charge in [0.2, 0.25) is 0 Å². The lowest BCUT2D eigenvalue weighted by Gasteiger charge is -2.06. The molecule has 0 aliphatic heterocycles. The monoisotopic (exact) mass is 237 g/mol. The fraction of sp³-hybridized carbons (Fsp3) is 0.583. The first-order valence-corrected chi connectivity index (χ1v) is 5.94. The van der Waals surface area contributed by atoms with Crippen molar-refractivity contribution in [1.29, 1.82) is 0 Å². The van der Waals surface area contributed by atoms with Crippen LogP contribution in [-0.4, -0.2) is 30.2 Å². The minimum Gasteiger partial charge on any atom is -0.397 e. The van der Waals surface area contributed by atoms with Crippen molar-refractivity contribution in [3.63, 3.8) is 0 Å². The summed E-state index contributed by atoms with van der Waals surface area (Å²) < 4.78 is 7.15. The topological polar surface area (TPSA) is 69.3 Å². The van der Waals surface area contributed by atoms with Crippen LogP contribution in [0, 0.1) is 5.92 Å². The number of ether oxygens (including phenoxy) is 1. The van der Waals surface area contributed by atoms with Crippen LogP contribution >= 0.6 is 0 Å². The van der Waals surface area contributed by atoms with Crippen molar-refractivity contribution in [3.05, 3.63) is 18.0 Å². The van der Waals surface area contributed by atoms with E-state index in [0.717, 1.165) is 12.5 Å². The lowest BCUT2D eigenvalue weighted by atomic mass is 10.4. The van der Waals surface area contributed by atoms with Gasteiger partial charge in [0.1, 0.15) is 5.69 Å². The Labute approximate surface area is 101 Å². The van der Waals surface area contributed by atoms with E-state index >= 15 is 0 Å². The second-order valence-corrected chi connectivity index (χ2v) is 4.54. The maximum atomic E-state index is 11.7. The van der Waals surface area contributed by atoms with Gasteiger partial charge in [-0.25, -0.2) is 0 Å². The molecule has 5 heteroatoms. The van der Waals surface area contributed by atoms with E-state index in [0.29, 0.717) is 24.5 Å². The van der Waals surface area contributed by atoms with Gasteiger partial charge >= 0.3 is 0 Å². The second-order valence-electron chi connectivity index (χ2n) is 4.54. The molecule has 0 unspecified atom stereocenters. The summed E-state index contributed by atoms with van der Waals surface area (Å²) in [5, 5.41) is 2.81. The Bertz CT molecular complexity index is 396. The molecule has 5 nitrogen and oxygen atoms in total. The van der Waals surface area contributed by atoms with Crippen molar-refractivity contribution in [2.75, 3.05) is 25.5 Å². The Morgan fingerprint density at radius 1 is 1.65 bits per heavy atom. The molecule has 1 aliphatic carbocycles. The standard InChI is InChI=1S/C12H19N3O2/c1-15-7-10(13)6-11(15)12(16)14-4-5-17-8-9-2-3-9/h6-7,9H,2-5,8,13H2,1H3,(H,14,16). The van der Waals surface area contributed by atoms with E-state index in [2.05, 4.69) is 5.32 Å². The molecule has 1 aromatic rings. The average molecular weight is 237 g/mol. The minimum atomic E-state index is -0.112. The first kappa shape index (κ1) is 12.0. The number of nitrogens with one attached hydrogen (secondary N) is 1. The van der Waals surface area contributed by atoms with Crippen molar-refractivity contribution < 1.29 is 9.53 Å². The van der Waals surface area contributed by atoms with E-state index in [1.807, 2.05) is 0 Å². The maximum absolute atomic E-state index is 11.7. The molecule has 0 radical (unpaired) electrons. The van der Waals surface area contributed by atoms with Gasteiger partial charge < -0.3 is 20.4 Å². The van der Waals surface area contributed by atoms with Crippen LogP contribution in [0.4, 0.5) is 5.69 Å². The van der Waals surface area contributed by atoms with Crippen LogP contribution in [0.15, 0.2) is 12.3 Å². The predicted molar refractivity (Wildman–Crippen MR) is 65.7 cm³/mol. The molecule has 1 saturated carbocycles. The Kier molecular flexibility index (Phi) is 3.68. The van der Waals surface area contributed by atoms with E-state index < -0.39 is 0 Å². The van der Waals surface area contributed by atoms with Crippen molar-refractivity contribution in [1.82, 2.24) is 9.88 Å². The van der Waals surface area contributed by atoms with Crippen LogP contribution in [-0.2, 0) is 11.8 Å². The SMILES string of the molecule is Cn1cc(N)cc1C(=O)NCCOCC1CC1. The van der Waals surface area contributed by atoms with Crippen LogP contribution < -0.4 is 11.1 Å². The smallest absolute Gasteiger partial charge is 0.268 e. The highest BCUT2D eigenvalue weighted by atomic mass is 16.5.